The standard InChI is InChI=1S/C19H23N5O4/c1-12(21-19(25)24-8-6-13(11-20)7-9-24)18-22-17(23-28-18)14-4-5-15(26-2)16(10-14)27-3/h4-5,10,12-13H,6-9H2,1-3H3,(H,21,25). The molecule has 1 aromatic heterocycles. The number of piperidine rings is 1. The van der Waals surface area contributed by atoms with Crippen molar-refractivity contribution in [2.75, 3.05) is 27.3 Å². The zero-order valence-corrected chi connectivity index (χ0v) is 16.1. The van der Waals surface area contributed by atoms with Gasteiger partial charge < -0.3 is 24.2 Å². The van der Waals surface area contributed by atoms with Crippen molar-refractivity contribution in [1.82, 2.24) is 20.4 Å². The number of urea groups is 1. The zero-order chi connectivity index (χ0) is 20.1. The normalized spacial score (nSPS) is 15.6. The van der Waals surface area contributed by atoms with Gasteiger partial charge in [-0.1, -0.05) is 5.16 Å². The van der Waals surface area contributed by atoms with Gasteiger partial charge in [-0.3, -0.25) is 0 Å². The van der Waals surface area contributed by atoms with Crippen LogP contribution in [0.1, 0.15) is 31.7 Å². The lowest BCUT2D eigenvalue weighted by molar-refractivity contribution is 0.173. The van der Waals surface area contributed by atoms with Crippen LogP contribution in [0.4, 0.5) is 4.79 Å². The van der Waals surface area contributed by atoms with Crippen molar-refractivity contribution in [1.29, 1.82) is 5.26 Å². The van der Waals surface area contributed by atoms with Crippen molar-refractivity contribution in [2.45, 2.75) is 25.8 Å². The van der Waals surface area contributed by atoms with E-state index in [0.29, 0.717) is 54.7 Å². The van der Waals surface area contributed by atoms with Crippen molar-refractivity contribution in [2.24, 2.45) is 5.92 Å². The van der Waals surface area contributed by atoms with E-state index in [9.17, 15) is 4.79 Å². The summed E-state index contributed by atoms with van der Waals surface area (Å²) in [7, 11) is 3.12. The molecule has 1 aliphatic rings. The Balaban J connectivity index is 1.65. The molecule has 0 bridgehead atoms. The molecule has 2 aromatic rings. The molecular weight excluding hydrogens is 362 g/mol. The molecule has 148 valence electrons. The van der Waals surface area contributed by atoms with Gasteiger partial charge in [-0.25, -0.2) is 4.79 Å². The van der Waals surface area contributed by atoms with E-state index in [1.807, 2.05) is 0 Å². The fraction of sp³-hybridized carbons (Fsp3) is 0.474. The number of methoxy groups -OCH3 is 2. The summed E-state index contributed by atoms with van der Waals surface area (Å²) in [5.74, 6) is 1.91. The third-order valence-corrected chi connectivity index (χ3v) is 4.76. The van der Waals surface area contributed by atoms with Crippen molar-refractivity contribution in [3.05, 3.63) is 24.1 Å². The monoisotopic (exact) mass is 385 g/mol. The number of hydrogen-bond acceptors (Lipinski definition) is 7. The largest absolute Gasteiger partial charge is 0.493 e. The minimum Gasteiger partial charge on any atom is -0.493 e. The molecule has 1 atom stereocenters. The van der Waals surface area contributed by atoms with E-state index < -0.39 is 6.04 Å². The Morgan fingerprint density at radius 1 is 1.32 bits per heavy atom. The first kappa shape index (κ1) is 19.5. The average molecular weight is 385 g/mol. The van der Waals surface area contributed by atoms with Gasteiger partial charge in [-0.05, 0) is 38.0 Å². The molecule has 0 aliphatic carbocycles. The van der Waals surface area contributed by atoms with Crippen LogP contribution < -0.4 is 14.8 Å². The Morgan fingerprint density at radius 2 is 2.04 bits per heavy atom. The van der Waals surface area contributed by atoms with Crippen LogP contribution in [0, 0.1) is 17.2 Å². The zero-order valence-electron chi connectivity index (χ0n) is 16.1. The number of benzene rings is 1. The van der Waals surface area contributed by atoms with E-state index in [2.05, 4.69) is 21.5 Å². The first-order valence-electron chi connectivity index (χ1n) is 9.06. The molecule has 0 radical (unpaired) electrons. The van der Waals surface area contributed by atoms with Crippen molar-refractivity contribution in [3.63, 3.8) is 0 Å². The molecule has 28 heavy (non-hydrogen) atoms. The van der Waals surface area contributed by atoms with Crippen molar-refractivity contribution >= 4 is 6.03 Å². The highest BCUT2D eigenvalue weighted by Crippen LogP contribution is 2.31. The van der Waals surface area contributed by atoms with Gasteiger partial charge in [0.2, 0.25) is 11.7 Å². The van der Waals surface area contributed by atoms with E-state index in [-0.39, 0.29) is 11.9 Å². The summed E-state index contributed by atoms with van der Waals surface area (Å²) < 4.78 is 15.8. The van der Waals surface area contributed by atoms with Crippen LogP contribution in [0.2, 0.25) is 0 Å². The maximum absolute atomic E-state index is 12.4. The molecule has 1 fully saturated rings. The van der Waals surface area contributed by atoms with Gasteiger partial charge in [0.15, 0.2) is 11.5 Å². The highest BCUT2D eigenvalue weighted by atomic mass is 16.5. The third kappa shape index (κ3) is 4.17. The number of carbonyl (C=O) groups excluding carboxylic acids is 1. The number of rotatable bonds is 5. The molecular formula is C19H23N5O4. The first-order chi connectivity index (χ1) is 13.5. The highest BCUT2D eigenvalue weighted by Gasteiger charge is 2.25. The van der Waals surface area contributed by atoms with E-state index in [1.165, 1.54) is 0 Å². The van der Waals surface area contributed by atoms with Crippen LogP contribution in [0.15, 0.2) is 22.7 Å². The minimum atomic E-state index is -0.442. The summed E-state index contributed by atoms with van der Waals surface area (Å²) in [5.41, 5.74) is 0.713. The fourth-order valence-corrected chi connectivity index (χ4v) is 3.05. The number of nitrogens with zero attached hydrogens (tertiary/aromatic N) is 4. The molecule has 0 saturated carbocycles. The van der Waals surface area contributed by atoms with Crippen LogP contribution in [-0.4, -0.2) is 48.4 Å². The molecule has 2 heterocycles. The number of aromatic nitrogens is 2. The molecule has 1 saturated heterocycles. The van der Waals surface area contributed by atoms with Gasteiger partial charge in [-0.15, -0.1) is 0 Å². The third-order valence-electron chi connectivity index (χ3n) is 4.76. The Labute approximate surface area is 163 Å². The van der Waals surface area contributed by atoms with Crippen LogP contribution in [0.5, 0.6) is 11.5 Å². The Morgan fingerprint density at radius 3 is 2.68 bits per heavy atom. The van der Waals surface area contributed by atoms with E-state index in [1.54, 1.807) is 44.2 Å². The topological polar surface area (TPSA) is 114 Å². The highest BCUT2D eigenvalue weighted by molar-refractivity contribution is 5.74. The fourth-order valence-electron chi connectivity index (χ4n) is 3.05. The number of carbonyl (C=O) groups is 1. The number of nitrogens with one attached hydrogen (secondary N) is 1. The lowest BCUT2D eigenvalue weighted by atomic mass is 9.99. The second-order valence-corrected chi connectivity index (χ2v) is 6.59. The Hall–Kier alpha value is -3.28. The minimum absolute atomic E-state index is 0.0291. The molecule has 3 rings (SSSR count). The van der Waals surface area contributed by atoms with Crippen molar-refractivity contribution < 1.29 is 18.8 Å². The van der Waals surface area contributed by atoms with Crippen LogP contribution in [0.25, 0.3) is 11.4 Å². The number of hydrogen-bond donors (Lipinski definition) is 1. The summed E-state index contributed by atoms with van der Waals surface area (Å²) in [5, 5.41) is 15.8. The summed E-state index contributed by atoms with van der Waals surface area (Å²) in [6, 6.07) is 6.94. The Kier molecular flexibility index (Phi) is 5.99. The maximum atomic E-state index is 12.4. The predicted molar refractivity (Wildman–Crippen MR) is 99.7 cm³/mol. The molecule has 9 nitrogen and oxygen atoms in total. The average Bonchev–Trinajstić information content (AvgIpc) is 3.23. The van der Waals surface area contributed by atoms with Crippen LogP contribution in [-0.2, 0) is 0 Å². The SMILES string of the molecule is COc1ccc(-c2noc(C(C)NC(=O)N3CCC(C#N)CC3)n2)cc1OC. The van der Waals surface area contributed by atoms with Crippen LogP contribution in [0.3, 0.4) is 0 Å². The molecule has 1 aromatic carbocycles. The lowest BCUT2D eigenvalue weighted by Crippen LogP contribution is -2.45. The number of ether oxygens (including phenoxy) is 2. The Bertz CT molecular complexity index is 867. The predicted octanol–water partition coefficient (Wildman–Crippen LogP) is 2.76. The summed E-state index contributed by atoms with van der Waals surface area (Å²) >= 11 is 0. The quantitative estimate of drug-likeness (QED) is 0.842. The van der Waals surface area contributed by atoms with Gasteiger partial charge in [-0.2, -0.15) is 10.2 Å². The van der Waals surface area contributed by atoms with Gasteiger partial charge >= 0.3 is 6.03 Å². The number of likely N-dealkylation sites (tertiary alicyclic amines) is 1. The molecule has 1 aliphatic heterocycles. The van der Waals surface area contributed by atoms with Crippen LogP contribution >= 0.6 is 0 Å². The van der Waals surface area contributed by atoms with Gasteiger partial charge in [0.05, 0.1) is 20.3 Å². The maximum Gasteiger partial charge on any atom is 0.318 e. The van der Waals surface area contributed by atoms with Gasteiger partial charge in [0.25, 0.3) is 0 Å². The first-order valence-corrected chi connectivity index (χ1v) is 9.06. The second-order valence-electron chi connectivity index (χ2n) is 6.59. The number of amides is 2. The van der Waals surface area contributed by atoms with E-state index in [4.69, 9.17) is 19.3 Å². The van der Waals surface area contributed by atoms with E-state index >= 15 is 0 Å². The summed E-state index contributed by atoms with van der Waals surface area (Å²) in [6.45, 7) is 2.92. The molecule has 1 unspecified atom stereocenters. The van der Waals surface area contributed by atoms with Crippen molar-refractivity contribution in [3.8, 4) is 29.0 Å². The van der Waals surface area contributed by atoms with E-state index in [0.717, 1.165) is 0 Å². The van der Waals surface area contributed by atoms with Gasteiger partial charge in [0.1, 0.15) is 6.04 Å². The molecule has 9 heteroatoms. The number of nitriles is 1. The second kappa shape index (κ2) is 8.61. The van der Waals surface area contributed by atoms with Gasteiger partial charge in [0, 0.05) is 24.6 Å². The lowest BCUT2D eigenvalue weighted by Gasteiger charge is -2.29. The molecule has 1 N–H and O–H groups in total. The summed E-state index contributed by atoms with van der Waals surface area (Å²) in [4.78, 5) is 18.5. The molecule has 0 spiro atoms. The summed E-state index contributed by atoms with van der Waals surface area (Å²) in [6.07, 6.45) is 1.39. The smallest absolute Gasteiger partial charge is 0.318 e. The molecule has 2 amide bonds.